The van der Waals surface area contributed by atoms with Crippen molar-refractivity contribution < 1.29 is 14.6 Å². The molecule has 116 valence electrons. The Kier molecular flexibility index (Phi) is 5.23. The summed E-state index contributed by atoms with van der Waals surface area (Å²) in [7, 11) is 0. The van der Waals surface area contributed by atoms with Gasteiger partial charge in [-0.1, -0.05) is 18.2 Å². The van der Waals surface area contributed by atoms with Crippen molar-refractivity contribution in [3.8, 4) is 5.75 Å². The summed E-state index contributed by atoms with van der Waals surface area (Å²) >= 11 is 0. The molecule has 0 saturated carbocycles. The van der Waals surface area contributed by atoms with Crippen LogP contribution in [0.4, 0.5) is 0 Å². The fraction of sp³-hybridized carbons (Fsp3) is 0.588. The molecule has 1 amide bonds. The average Bonchev–Trinajstić information content (AvgIpc) is 2.62. The first-order valence-corrected chi connectivity index (χ1v) is 7.66. The molecule has 1 fully saturated rings. The quantitative estimate of drug-likeness (QED) is 0.927. The van der Waals surface area contributed by atoms with Gasteiger partial charge in [-0.15, -0.1) is 0 Å². The molecule has 0 aliphatic carbocycles. The Morgan fingerprint density at radius 2 is 2.10 bits per heavy atom. The highest BCUT2D eigenvalue weighted by molar-refractivity contribution is 5.76. The molecule has 0 aromatic heterocycles. The average molecular weight is 291 g/mol. The predicted octanol–water partition coefficient (Wildman–Crippen LogP) is 2.53. The molecule has 0 radical (unpaired) electrons. The van der Waals surface area contributed by atoms with Crippen LogP contribution in [0.5, 0.6) is 5.75 Å². The van der Waals surface area contributed by atoms with E-state index < -0.39 is 5.60 Å². The number of carbonyl (C=O) groups excluding carboxylic acids is 1. The summed E-state index contributed by atoms with van der Waals surface area (Å²) < 4.78 is 5.67. The second kappa shape index (κ2) is 6.94. The molecule has 1 aliphatic heterocycles. The molecule has 0 bridgehead atoms. The number of hydrogen-bond donors (Lipinski definition) is 1. The first-order valence-electron chi connectivity index (χ1n) is 7.66. The summed E-state index contributed by atoms with van der Waals surface area (Å²) in [6.07, 6.45) is 2.65. The highest BCUT2D eigenvalue weighted by Gasteiger charge is 2.26. The molecule has 4 nitrogen and oxygen atoms in total. The van der Waals surface area contributed by atoms with Crippen LogP contribution in [0, 0.1) is 6.92 Å². The van der Waals surface area contributed by atoms with Crippen LogP contribution in [0.1, 0.15) is 38.2 Å². The van der Waals surface area contributed by atoms with Crippen molar-refractivity contribution in [2.45, 2.75) is 45.1 Å². The fourth-order valence-corrected chi connectivity index (χ4v) is 2.64. The number of ether oxygens (including phenoxy) is 1. The minimum atomic E-state index is -0.632. The first kappa shape index (κ1) is 15.8. The van der Waals surface area contributed by atoms with E-state index in [0.29, 0.717) is 26.0 Å². The molecule has 4 heteroatoms. The third-order valence-electron chi connectivity index (χ3n) is 4.08. The minimum Gasteiger partial charge on any atom is -0.493 e. The van der Waals surface area contributed by atoms with Crippen LogP contribution < -0.4 is 4.74 Å². The Bertz CT molecular complexity index is 485. The monoisotopic (exact) mass is 291 g/mol. The summed E-state index contributed by atoms with van der Waals surface area (Å²) in [6.45, 7) is 5.61. The Labute approximate surface area is 126 Å². The lowest BCUT2D eigenvalue weighted by molar-refractivity contribution is -0.131. The number of rotatable bonds is 4. The number of likely N-dealkylation sites (tertiary alicyclic amines) is 1. The van der Waals surface area contributed by atoms with Gasteiger partial charge in [0.2, 0.25) is 5.91 Å². The van der Waals surface area contributed by atoms with E-state index in [9.17, 15) is 9.90 Å². The molecule has 21 heavy (non-hydrogen) atoms. The third-order valence-corrected chi connectivity index (χ3v) is 4.08. The van der Waals surface area contributed by atoms with Gasteiger partial charge in [0.05, 0.1) is 18.6 Å². The number of hydrogen-bond acceptors (Lipinski definition) is 3. The number of para-hydroxylation sites is 1. The highest BCUT2D eigenvalue weighted by atomic mass is 16.5. The molecular weight excluding hydrogens is 266 g/mol. The topological polar surface area (TPSA) is 49.8 Å². The van der Waals surface area contributed by atoms with E-state index in [2.05, 4.69) is 0 Å². The van der Waals surface area contributed by atoms with Gasteiger partial charge in [0.15, 0.2) is 0 Å². The summed E-state index contributed by atoms with van der Waals surface area (Å²) in [5.41, 5.74) is 0.447. The van der Waals surface area contributed by atoms with Crippen LogP contribution in [0.25, 0.3) is 0 Å². The second-order valence-corrected chi connectivity index (χ2v) is 6.10. The Balaban J connectivity index is 1.78. The molecule has 0 spiro atoms. The molecule has 1 aliphatic rings. The van der Waals surface area contributed by atoms with E-state index in [1.165, 1.54) is 0 Å². The molecule has 1 N–H and O–H groups in total. The summed E-state index contributed by atoms with van der Waals surface area (Å²) in [6, 6.07) is 7.81. The highest BCUT2D eigenvalue weighted by Crippen LogP contribution is 2.22. The van der Waals surface area contributed by atoms with Crippen molar-refractivity contribution in [2.24, 2.45) is 0 Å². The second-order valence-electron chi connectivity index (χ2n) is 6.10. The predicted molar refractivity (Wildman–Crippen MR) is 82.3 cm³/mol. The third kappa shape index (κ3) is 4.74. The zero-order chi connectivity index (χ0) is 15.3. The van der Waals surface area contributed by atoms with Gasteiger partial charge >= 0.3 is 0 Å². The Morgan fingerprint density at radius 3 is 2.86 bits per heavy atom. The van der Waals surface area contributed by atoms with Crippen molar-refractivity contribution >= 4 is 5.91 Å². The number of aryl methyl sites for hydroxylation is 1. The number of amides is 1. The number of carbonyl (C=O) groups is 1. The van der Waals surface area contributed by atoms with Crippen LogP contribution in [0.2, 0.25) is 0 Å². The fourth-order valence-electron chi connectivity index (χ4n) is 2.64. The van der Waals surface area contributed by atoms with E-state index in [-0.39, 0.29) is 5.91 Å². The van der Waals surface area contributed by atoms with Gasteiger partial charge in [0.25, 0.3) is 0 Å². The van der Waals surface area contributed by atoms with E-state index in [1.54, 1.807) is 0 Å². The zero-order valence-corrected chi connectivity index (χ0v) is 13.0. The zero-order valence-electron chi connectivity index (χ0n) is 13.0. The minimum absolute atomic E-state index is 0.112. The lowest BCUT2D eigenvalue weighted by Crippen LogP contribution is -2.34. The molecule has 1 saturated heterocycles. The van der Waals surface area contributed by atoms with E-state index >= 15 is 0 Å². The van der Waals surface area contributed by atoms with E-state index in [4.69, 9.17) is 4.74 Å². The Hall–Kier alpha value is -1.55. The standard InChI is InChI=1S/C17H25NO3/c1-14-6-3-4-7-15(14)21-13-8-16(19)18-11-5-9-17(2,20)10-12-18/h3-4,6-7,20H,5,8-13H2,1-2H3. The number of aliphatic hydroxyl groups is 1. The van der Waals surface area contributed by atoms with Crippen LogP contribution in [-0.2, 0) is 4.79 Å². The van der Waals surface area contributed by atoms with Crippen LogP contribution in [-0.4, -0.2) is 41.2 Å². The van der Waals surface area contributed by atoms with Crippen molar-refractivity contribution in [1.29, 1.82) is 0 Å². The summed E-state index contributed by atoms with van der Waals surface area (Å²) in [5.74, 6) is 0.949. The molecular formula is C17H25NO3. The SMILES string of the molecule is Cc1ccccc1OCCC(=O)N1CCCC(C)(O)CC1. The van der Waals surface area contributed by atoms with E-state index in [1.807, 2.05) is 43.0 Å². The molecule has 1 heterocycles. The molecule has 2 rings (SSSR count). The van der Waals surface area contributed by atoms with Gasteiger partial charge in [-0.05, 0) is 44.7 Å². The van der Waals surface area contributed by atoms with Crippen molar-refractivity contribution in [3.63, 3.8) is 0 Å². The normalized spacial score (nSPS) is 22.7. The lowest BCUT2D eigenvalue weighted by atomic mass is 9.98. The molecule has 1 aromatic carbocycles. The van der Waals surface area contributed by atoms with Gasteiger partial charge in [-0.3, -0.25) is 4.79 Å². The summed E-state index contributed by atoms with van der Waals surface area (Å²) in [5, 5.41) is 10.0. The largest absolute Gasteiger partial charge is 0.493 e. The Morgan fingerprint density at radius 1 is 1.33 bits per heavy atom. The maximum absolute atomic E-state index is 12.2. The smallest absolute Gasteiger partial charge is 0.225 e. The first-order chi connectivity index (χ1) is 9.98. The molecule has 1 aromatic rings. The van der Waals surface area contributed by atoms with Gasteiger partial charge < -0.3 is 14.7 Å². The van der Waals surface area contributed by atoms with E-state index in [0.717, 1.165) is 30.7 Å². The maximum atomic E-state index is 12.2. The maximum Gasteiger partial charge on any atom is 0.225 e. The lowest BCUT2D eigenvalue weighted by Gasteiger charge is -2.22. The van der Waals surface area contributed by atoms with Crippen molar-refractivity contribution in [2.75, 3.05) is 19.7 Å². The van der Waals surface area contributed by atoms with Crippen LogP contribution in [0.15, 0.2) is 24.3 Å². The van der Waals surface area contributed by atoms with Gasteiger partial charge in [-0.2, -0.15) is 0 Å². The number of nitrogens with zero attached hydrogens (tertiary/aromatic N) is 1. The van der Waals surface area contributed by atoms with Gasteiger partial charge in [-0.25, -0.2) is 0 Å². The van der Waals surface area contributed by atoms with Gasteiger partial charge in [0.1, 0.15) is 5.75 Å². The van der Waals surface area contributed by atoms with Gasteiger partial charge in [0, 0.05) is 13.1 Å². The number of benzene rings is 1. The molecule has 1 atom stereocenters. The van der Waals surface area contributed by atoms with Crippen molar-refractivity contribution in [3.05, 3.63) is 29.8 Å². The van der Waals surface area contributed by atoms with Crippen LogP contribution in [0.3, 0.4) is 0 Å². The van der Waals surface area contributed by atoms with Crippen LogP contribution >= 0.6 is 0 Å². The summed E-state index contributed by atoms with van der Waals surface area (Å²) in [4.78, 5) is 14.1. The van der Waals surface area contributed by atoms with Crippen molar-refractivity contribution in [1.82, 2.24) is 4.90 Å². The molecule has 1 unspecified atom stereocenters.